The number of aliphatic carboxylic acids is 1. The van der Waals surface area contributed by atoms with Crippen molar-refractivity contribution >= 4 is 17.8 Å². The molecule has 1 aliphatic heterocycles. The van der Waals surface area contributed by atoms with Crippen LogP contribution in [0.3, 0.4) is 0 Å². The van der Waals surface area contributed by atoms with E-state index in [-0.39, 0.29) is 18.2 Å². The summed E-state index contributed by atoms with van der Waals surface area (Å²) in [6, 6.07) is 7.83. The topological polar surface area (TPSA) is 163 Å². The third-order valence-corrected chi connectivity index (χ3v) is 7.01. The molecule has 10 nitrogen and oxygen atoms in total. The highest BCUT2D eigenvalue weighted by atomic mass is 16.7. The van der Waals surface area contributed by atoms with Crippen molar-refractivity contribution in [1.82, 2.24) is 5.32 Å². The zero-order chi connectivity index (χ0) is 25.7. The van der Waals surface area contributed by atoms with Gasteiger partial charge in [0.1, 0.15) is 24.4 Å². The van der Waals surface area contributed by atoms with E-state index in [1.807, 2.05) is 6.07 Å². The monoisotopic (exact) mass is 493 g/mol. The minimum absolute atomic E-state index is 0.100. The summed E-state index contributed by atoms with van der Waals surface area (Å²) in [5, 5.41) is 42.0. The zero-order valence-corrected chi connectivity index (χ0v) is 19.9. The zero-order valence-electron chi connectivity index (χ0n) is 19.9. The molecule has 1 amide bonds. The number of nitrogens with one attached hydrogen (secondary N) is 1. The summed E-state index contributed by atoms with van der Waals surface area (Å²) < 4.78 is 10.3. The molecule has 10 heteroatoms. The first-order valence-electron chi connectivity index (χ1n) is 12.1. The lowest BCUT2D eigenvalue weighted by molar-refractivity contribution is -0.286. The van der Waals surface area contributed by atoms with Crippen molar-refractivity contribution in [2.75, 3.05) is 0 Å². The Kier molecular flexibility index (Phi) is 9.23. The Labute approximate surface area is 204 Å². The minimum Gasteiger partial charge on any atom is -0.479 e. The molecule has 0 spiro atoms. The van der Waals surface area contributed by atoms with E-state index in [4.69, 9.17) is 9.47 Å². The second-order valence-corrected chi connectivity index (χ2v) is 9.78. The first kappa shape index (κ1) is 27.1. The summed E-state index contributed by atoms with van der Waals surface area (Å²) in [6.45, 7) is 4.34. The number of aliphatic hydroxyl groups excluding tert-OH is 3. The number of carboxylic acid groups (broad SMARTS) is 1. The summed E-state index contributed by atoms with van der Waals surface area (Å²) in [5.74, 6) is -1.93. The number of amides is 1. The lowest BCUT2D eigenvalue weighted by atomic mass is 9.76. The maximum absolute atomic E-state index is 13.1. The highest BCUT2D eigenvalue weighted by molar-refractivity contribution is 5.86. The van der Waals surface area contributed by atoms with Gasteiger partial charge in [0, 0.05) is 12.3 Å². The first-order valence-corrected chi connectivity index (χ1v) is 12.1. The van der Waals surface area contributed by atoms with Gasteiger partial charge in [0.25, 0.3) is 0 Å². The quantitative estimate of drug-likeness (QED) is 0.327. The van der Waals surface area contributed by atoms with Gasteiger partial charge in [-0.2, -0.15) is 0 Å². The second kappa shape index (κ2) is 11.9. The molecule has 1 saturated heterocycles. The Morgan fingerprint density at radius 3 is 2.20 bits per heavy atom. The van der Waals surface area contributed by atoms with Gasteiger partial charge in [-0.15, -0.1) is 0 Å². The van der Waals surface area contributed by atoms with Crippen LogP contribution in [-0.2, 0) is 30.3 Å². The van der Waals surface area contributed by atoms with Crippen LogP contribution in [0, 0.1) is 17.8 Å². The van der Waals surface area contributed by atoms with Crippen molar-refractivity contribution in [3.05, 3.63) is 35.9 Å². The third-order valence-electron chi connectivity index (χ3n) is 7.01. The Morgan fingerprint density at radius 2 is 1.63 bits per heavy atom. The Balaban J connectivity index is 1.71. The van der Waals surface area contributed by atoms with Crippen molar-refractivity contribution in [2.45, 2.75) is 82.7 Å². The van der Waals surface area contributed by atoms with Crippen LogP contribution in [0.25, 0.3) is 0 Å². The SMILES string of the molecule is CC(C)C1CCC(C(=O)N[C@@H](Cc2ccccc2)C(=O)O[C@H]2O[C@@H](C(=O)O)[C@H](O)[C@@H](O)[C@@H]2O)CC1. The Bertz CT molecular complexity index is 869. The number of carbonyl (C=O) groups excluding carboxylic acids is 2. The number of rotatable bonds is 8. The maximum Gasteiger partial charge on any atom is 0.335 e. The predicted octanol–water partition coefficient (Wildman–Crippen LogP) is 0.612. The van der Waals surface area contributed by atoms with E-state index in [9.17, 15) is 34.8 Å². The van der Waals surface area contributed by atoms with E-state index in [2.05, 4.69) is 19.2 Å². The lowest BCUT2D eigenvalue weighted by Crippen LogP contribution is -2.61. The van der Waals surface area contributed by atoms with Gasteiger partial charge in [0.15, 0.2) is 6.10 Å². The van der Waals surface area contributed by atoms with E-state index >= 15 is 0 Å². The fourth-order valence-corrected chi connectivity index (χ4v) is 4.73. The maximum atomic E-state index is 13.1. The van der Waals surface area contributed by atoms with E-state index in [1.54, 1.807) is 24.3 Å². The smallest absolute Gasteiger partial charge is 0.335 e. The van der Waals surface area contributed by atoms with Gasteiger partial charge >= 0.3 is 11.9 Å². The van der Waals surface area contributed by atoms with Crippen LogP contribution in [0.5, 0.6) is 0 Å². The molecule has 2 fully saturated rings. The first-order chi connectivity index (χ1) is 16.6. The van der Waals surface area contributed by atoms with Gasteiger partial charge in [0.05, 0.1) is 0 Å². The van der Waals surface area contributed by atoms with Gasteiger partial charge < -0.3 is 35.2 Å². The van der Waals surface area contributed by atoms with E-state index < -0.39 is 48.7 Å². The van der Waals surface area contributed by atoms with Crippen molar-refractivity contribution < 1.29 is 44.3 Å². The van der Waals surface area contributed by atoms with Gasteiger partial charge in [-0.1, -0.05) is 44.2 Å². The van der Waals surface area contributed by atoms with Crippen LogP contribution in [-0.4, -0.2) is 75.0 Å². The normalized spacial score (nSPS) is 32.0. The Hall–Kier alpha value is -2.53. The molecular formula is C25H35NO9. The molecular weight excluding hydrogens is 458 g/mol. The minimum atomic E-state index is -1.90. The molecule has 3 rings (SSSR count). The summed E-state index contributed by atoms with van der Waals surface area (Å²) in [5.41, 5.74) is 0.752. The Morgan fingerprint density at radius 1 is 1.00 bits per heavy atom. The highest BCUT2D eigenvalue weighted by Crippen LogP contribution is 2.33. The van der Waals surface area contributed by atoms with Crippen molar-refractivity contribution in [1.29, 1.82) is 0 Å². The van der Waals surface area contributed by atoms with Crippen LogP contribution in [0.1, 0.15) is 45.1 Å². The summed E-state index contributed by atoms with van der Waals surface area (Å²) >= 11 is 0. The molecule has 1 aliphatic carbocycles. The molecule has 2 aliphatic rings. The summed E-state index contributed by atoms with van der Waals surface area (Å²) in [4.78, 5) is 37.4. The third kappa shape index (κ3) is 6.78. The molecule has 0 aromatic heterocycles. The molecule has 0 radical (unpaired) electrons. The number of esters is 1. The number of ether oxygens (including phenoxy) is 2. The van der Waals surface area contributed by atoms with Crippen LogP contribution >= 0.6 is 0 Å². The summed E-state index contributed by atoms with van der Waals surface area (Å²) in [6.07, 6.45) is -6.01. The second-order valence-electron chi connectivity index (χ2n) is 9.78. The molecule has 194 valence electrons. The number of hydrogen-bond donors (Lipinski definition) is 5. The van der Waals surface area contributed by atoms with Gasteiger partial charge in [-0.3, -0.25) is 4.79 Å². The molecule has 35 heavy (non-hydrogen) atoms. The largest absolute Gasteiger partial charge is 0.479 e. The molecule has 1 aromatic rings. The molecule has 0 bridgehead atoms. The molecule has 6 atom stereocenters. The van der Waals surface area contributed by atoms with Gasteiger partial charge in [0.2, 0.25) is 12.2 Å². The van der Waals surface area contributed by atoms with Crippen LogP contribution in [0.15, 0.2) is 30.3 Å². The van der Waals surface area contributed by atoms with Crippen molar-refractivity contribution in [3.63, 3.8) is 0 Å². The lowest BCUT2D eigenvalue weighted by Gasteiger charge is -2.38. The fraction of sp³-hybridized carbons (Fsp3) is 0.640. The van der Waals surface area contributed by atoms with Crippen molar-refractivity contribution in [3.8, 4) is 0 Å². The van der Waals surface area contributed by atoms with E-state index in [1.165, 1.54) is 0 Å². The van der Waals surface area contributed by atoms with Crippen molar-refractivity contribution in [2.24, 2.45) is 17.8 Å². The van der Waals surface area contributed by atoms with E-state index in [0.717, 1.165) is 31.2 Å². The van der Waals surface area contributed by atoms with Gasteiger partial charge in [-0.05, 0) is 43.1 Å². The summed E-state index contributed by atoms with van der Waals surface area (Å²) in [7, 11) is 0. The van der Waals surface area contributed by atoms with Crippen LogP contribution in [0.4, 0.5) is 0 Å². The molecule has 0 unspecified atom stereocenters. The fourth-order valence-electron chi connectivity index (χ4n) is 4.73. The highest BCUT2D eigenvalue weighted by Gasteiger charge is 2.49. The predicted molar refractivity (Wildman–Crippen MR) is 123 cm³/mol. The van der Waals surface area contributed by atoms with Crippen LogP contribution in [0.2, 0.25) is 0 Å². The molecule has 1 aromatic carbocycles. The van der Waals surface area contributed by atoms with E-state index in [0.29, 0.717) is 11.8 Å². The standard InChI is InChI=1S/C25H35NO9/c1-13(2)15-8-10-16(11-9-15)22(30)26-17(12-14-6-4-3-5-7-14)24(33)35-25-20(29)18(27)19(28)21(34-25)23(31)32/h3-7,13,15-21,25,27-29H,8-12H2,1-2H3,(H,26,30)(H,31,32)/t15?,16?,17-,18+,19+,20-,21+,25+/m0/s1. The molecule has 5 N–H and O–H groups in total. The number of carboxylic acids is 1. The number of carbonyl (C=O) groups is 3. The molecule has 1 heterocycles. The average Bonchev–Trinajstić information content (AvgIpc) is 2.84. The number of aliphatic hydroxyl groups is 3. The van der Waals surface area contributed by atoms with Gasteiger partial charge in [-0.25, -0.2) is 9.59 Å². The number of benzene rings is 1. The number of hydrogen-bond acceptors (Lipinski definition) is 8. The van der Waals surface area contributed by atoms with Crippen LogP contribution < -0.4 is 5.32 Å². The average molecular weight is 494 g/mol. The molecule has 1 saturated carbocycles.